The number of methoxy groups -OCH3 is 1. The van der Waals surface area contributed by atoms with Gasteiger partial charge in [0.15, 0.2) is 0 Å². The number of hydrogen-bond acceptors (Lipinski definition) is 5. The van der Waals surface area contributed by atoms with Gasteiger partial charge in [-0.1, -0.05) is 6.92 Å². The molecule has 1 N–H and O–H groups in total. The fourth-order valence-corrected chi connectivity index (χ4v) is 1.87. The molecular formula is C13H21N3O5. The number of amides is 4. The van der Waals surface area contributed by atoms with Gasteiger partial charge >= 0.3 is 12.0 Å². The van der Waals surface area contributed by atoms with Crippen LogP contribution < -0.4 is 5.32 Å². The van der Waals surface area contributed by atoms with Crippen LogP contribution in [0.5, 0.6) is 0 Å². The highest BCUT2D eigenvalue weighted by atomic mass is 16.5. The van der Waals surface area contributed by atoms with Crippen molar-refractivity contribution in [2.45, 2.75) is 32.2 Å². The van der Waals surface area contributed by atoms with Crippen LogP contribution in [0.2, 0.25) is 0 Å². The van der Waals surface area contributed by atoms with E-state index in [1.54, 1.807) is 13.8 Å². The Bertz CT molecular complexity index is 465. The number of carbonyl (C=O) groups excluding carboxylic acids is 4. The lowest BCUT2D eigenvalue weighted by Crippen LogP contribution is -2.45. The fourth-order valence-electron chi connectivity index (χ4n) is 1.87. The highest BCUT2D eigenvalue weighted by molar-refractivity contribution is 6.08. The maximum absolute atomic E-state index is 12.1. The number of likely N-dealkylation sites (N-methyl/N-ethyl adjacent to an activating group) is 1. The largest absolute Gasteiger partial charge is 0.469 e. The van der Waals surface area contributed by atoms with Gasteiger partial charge in [-0.15, -0.1) is 0 Å². The van der Waals surface area contributed by atoms with Gasteiger partial charge in [0.05, 0.1) is 13.5 Å². The minimum Gasteiger partial charge on any atom is -0.469 e. The molecule has 1 aliphatic rings. The summed E-state index contributed by atoms with van der Waals surface area (Å²) in [6.07, 6.45) is 0.506. The van der Waals surface area contributed by atoms with Crippen LogP contribution in [-0.2, 0) is 19.1 Å². The topological polar surface area (TPSA) is 96.0 Å². The minimum atomic E-state index is -0.956. The number of esters is 1. The van der Waals surface area contributed by atoms with Crippen molar-refractivity contribution < 1.29 is 23.9 Å². The molecule has 8 nitrogen and oxygen atoms in total. The summed E-state index contributed by atoms with van der Waals surface area (Å²) < 4.78 is 4.48. The van der Waals surface area contributed by atoms with Crippen LogP contribution in [0.25, 0.3) is 0 Å². The second-order valence-corrected chi connectivity index (χ2v) is 5.15. The molecule has 0 aliphatic carbocycles. The van der Waals surface area contributed by atoms with E-state index in [-0.39, 0.29) is 19.5 Å². The Morgan fingerprint density at radius 2 is 2.00 bits per heavy atom. The van der Waals surface area contributed by atoms with Crippen molar-refractivity contribution in [3.05, 3.63) is 0 Å². The summed E-state index contributed by atoms with van der Waals surface area (Å²) >= 11 is 0. The second kappa shape index (κ2) is 6.55. The van der Waals surface area contributed by atoms with Gasteiger partial charge in [-0.05, 0) is 13.3 Å². The van der Waals surface area contributed by atoms with Crippen molar-refractivity contribution in [2.75, 3.05) is 27.2 Å². The molecule has 1 fully saturated rings. The van der Waals surface area contributed by atoms with Crippen LogP contribution in [-0.4, -0.2) is 66.4 Å². The maximum Gasteiger partial charge on any atom is 0.325 e. The highest BCUT2D eigenvalue weighted by Gasteiger charge is 2.47. The first kappa shape index (κ1) is 16.9. The SMILES string of the molecule is CCC1(C)NC(=O)N(CC(=O)N(C)CCC(=O)OC)C1=O. The second-order valence-electron chi connectivity index (χ2n) is 5.15. The molecule has 1 rings (SSSR count). The molecule has 0 aromatic heterocycles. The first-order chi connectivity index (χ1) is 9.75. The van der Waals surface area contributed by atoms with E-state index < -0.39 is 29.4 Å². The molecule has 1 unspecified atom stereocenters. The van der Waals surface area contributed by atoms with Crippen LogP contribution in [0.3, 0.4) is 0 Å². The maximum atomic E-state index is 12.1. The third kappa shape index (κ3) is 3.71. The van der Waals surface area contributed by atoms with Crippen molar-refractivity contribution in [1.82, 2.24) is 15.1 Å². The zero-order valence-electron chi connectivity index (χ0n) is 12.8. The summed E-state index contributed by atoms with van der Waals surface area (Å²) in [5.74, 6) is -1.25. The standard InChI is InChI=1S/C13H21N3O5/c1-5-13(2)11(19)16(12(20)14-13)8-9(17)15(3)7-6-10(18)21-4/h5-8H2,1-4H3,(H,14,20). The van der Waals surface area contributed by atoms with Gasteiger partial charge in [-0.2, -0.15) is 0 Å². The van der Waals surface area contributed by atoms with Gasteiger partial charge in [0.1, 0.15) is 12.1 Å². The van der Waals surface area contributed by atoms with E-state index >= 15 is 0 Å². The van der Waals surface area contributed by atoms with Crippen molar-refractivity contribution in [1.29, 1.82) is 0 Å². The van der Waals surface area contributed by atoms with E-state index in [1.165, 1.54) is 19.1 Å². The third-order valence-electron chi connectivity index (χ3n) is 3.65. The molecular weight excluding hydrogens is 278 g/mol. The number of ether oxygens (including phenoxy) is 1. The Balaban J connectivity index is 2.60. The molecule has 1 saturated heterocycles. The lowest BCUT2D eigenvalue weighted by Gasteiger charge is -2.21. The van der Waals surface area contributed by atoms with E-state index in [9.17, 15) is 19.2 Å². The van der Waals surface area contributed by atoms with Crippen molar-refractivity contribution in [2.24, 2.45) is 0 Å². The summed E-state index contributed by atoms with van der Waals surface area (Å²) in [5, 5.41) is 2.58. The smallest absolute Gasteiger partial charge is 0.325 e. The summed E-state index contributed by atoms with van der Waals surface area (Å²) in [5.41, 5.74) is -0.956. The van der Waals surface area contributed by atoms with Crippen molar-refractivity contribution in [3.63, 3.8) is 0 Å². The van der Waals surface area contributed by atoms with Gasteiger partial charge in [-0.25, -0.2) is 4.79 Å². The number of imide groups is 1. The average molecular weight is 299 g/mol. The number of rotatable bonds is 6. The Labute approximate surface area is 123 Å². The number of nitrogens with zero attached hydrogens (tertiary/aromatic N) is 2. The van der Waals surface area contributed by atoms with Gasteiger partial charge in [0.25, 0.3) is 5.91 Å². The normalized spacial score (nSPS) is 21.2. The first-order valence-electron chi connectivity index (χ1n) is 6.70. The molecule has 0 aromatic rings. The van der Waals surface area contributed by atoms with E-state index in [0.29, 0.717) is 6.42 Å². The molecule has 1 atom stereocenters. The molecule has 0 spiro atoms. The van der Waals surface area contributed by atoms with Gasteiger partial charge in [-0.3, -0.25) is 19.3 Å². The van der Waals surface area contributed by atoms with Crippen molar-refractivity contribution >= 4 is 23.8 Å². The molecule has 0 aromatic carbocycles. The lowest BCUT2D eigenvalue weighted by molar-refractivity contribution is -0.142. The predicted molar refractivity (Wildman–Crippen MR) is 73.2 cm³/mol. The summed E-state index contributed by atoms with van der Waals surface area (Å²) in [6.45, 7) is 3.24. The molecule has 0 bridgehead atoms. The van der Waals surface area contributed by atoms with Gasteiger partial charge < -0.3 is 15.0 Å². The van der Waals surface area contributed by atoms with Crippen LogP contribution in [0.4, 0.5) is 4.79 Å². The number of urea groups is 1. The van der Waals surface area contributed by atoms with E-state index in [4.69, 9.17) is 0 Å². The molecule has 8 heteroatoms. The fraction of sp³-hybridized carbons (Fsp3) is 0.692. The van der Waals surface area contributed by atoms with Crippen LogP contribution >= 0.6 is 0 Å². The van der Waals surface area contributed by atoms with Gasteiger partial charge in [0.2, 0.25) is 5.91 Å². The zero-order chi connectivity index (χ0) is 16.2. The number of carbonyl (C=O) groups is 4. The summed E-state index contributed by atoms with van der Waals surface area (Å²) in [7, 11) is 2.77. The molecule has 1 heterocycles. The third-order valence-corrected chi connectivity index (χ3v) is 3.65. The first-order valence-corrected chi connectivity index (χ1v) is 6.70. The van der Waals surface area contributed by atoms with Gasteiger partial charge in [0, 0.05) is 13.6 Å². The Kier molecular flexibility index (Phi) is 5.28. The molecule has 21 heavy (non-hydrogen) atoms. The highest BCUT2D eigenvalue weighted by Crippen LogP contribution is 2.20. The molecule has 1 aliphatic heterocycles. The van der Waals surface area contributed by atoms with E-state index in [1.807, 2.05) is 0 Å². The molecule has 0 radical (unpaired) electrons. The molecule has 0 saturated carbocycles. The minimum absolute atomic E-state index is 0.0611. The number of hydrogen-bond donors (Lipinski definition) is 1. The monoisotopic (exact) mass is 299 g/mol. The van der Waals surface area contributed by atoms with Crippen molar-refractivity contribution in [3.8, 4) is 0 Å². The van der Waals surface area contributed by atoms with Crippen LogP contribution in [0.15, 0.2) is 0 Å². The summed E-state index contributed by atoms with van der Waals surface area (Å²) in [4.78, 5) is 49.1. The Morgan fingerprint density at radius 3 is 2.48 bits per heavy atom. The summed E-state index contributed by atoms with van der Waals surface area (Å²) in [6, 6.07) is -0.570. The Morgan fingerprint density at radius 1 is 1.38 bits per heavy atom. The van der Waals surface area contributed by atoms with E-state index in [2.05, 4.69) is 10.1 Å². The lowest BCUT2D eigenvalue weighted by atomic mass is 9.99. The average Bonchev–Trinajstić information content (AvgIpc) is 2.68. The molecule has 118 valence electrons. The Hall–Kier alpha value is -2.12. The quantitative estimate of drug-likeness (QED) is 0.538. The van der Waals surface area contributed by atoms with Crippen LogP contribution in [0, 0.1) is 0 Å². The zero-order valence-corrected chi connectivity index (χ0v) is 12.8. The van der Waals surface area contributed by atoms with Crippen LogP contribution in [0.1, 0.15) is 26.7 Å². The predicted octanol–water partition coefficient (Wildman–Crippen LogP) is -0.272. The number of nitrogens with one attached hydrogen (secondary N) is 1. The molecule has 4 amide bonds. The van der Waals surface area contributed by atoms with E-state index in [0.717, 1.165) is 4.90 Å².